The molecule has 0 amide bonds. The van der Waals surface area contributed by atoms with Crippen molar-refractivity contribution in [1.82, 2.24) is 0 Å². The molecule has 2 saturated carbocycles. The summed E-state index contributed by atoms with van der Waals surface area (Å²) in [7, 11) is -3.85. The van der Waals surface area contributed by atoms with E-state index in [1.165, 1.54) is 34.1 Å². The molecule has 2 aromatic rings. The summed E-state index contributed by atoms with van der Waals surface area (Å²) in [5.74, 6) is -0.295. The summed E-state index contributed by atoms with van der Waals surface area (Å²) in [5.41, 5.74) is 1.87. The number of carbonyl (C=O) groups excluding carboxylic acids is 1. The molecule has 2 aromatic carbocycles. The molecule has 2 aliphatic rings. The number of hydrogen-bond donors (Lipinski definition) is 0. The van der Waals surface area contributed by atoms with Gasteiger partial charge in [0.05, 0.1) is 16.6 Å². The second-order valence-electron chi connectivity index (χ2n) is 13.5. The second-order valence-corrected chi connectivity index (χ2v) is 16.1. The molecule has 0 radical (unpaired) electrons. The van der Waals surface area contributed by atoms with Crippen LogP contribution in [0.25, 0.3) is 0 Å². The fourth-order valence-corrected chi connectivity index (χ4v) is 8.73. The van der Waals surface area contributed by atoms with E-state index >= 15 is 0 Å². The van der Waals surface area contributed by atoms with E-state index in [0.29, 0.717) is 6.42 Å². The van der Waals surface area contributed by atoms with Crippen LogP contribution in [0.1, 0.15) is 90.5 Å². The third-order valence-electron chi connectivity index (χ3n) is 9.21. The standard InChI is InChI=1S/C30H39IO4S/c1-26(2,3)20-9-13-22(14-10-20)30(23-15-11-21(12-16-23)27(4,5)6)24-17-18-29(25(30)32,28(24,7)8)19-36(33,34)35-31/h9-16,24H,17-19H2,1-8H3. The first-order chi connectivity index (χ1) is 16.4. The smallest absolute Gasteiger partial charge is 0.277 e. The Morgan fingerprint density at radius 1 is 0.861 bits per heavy atom. The van der Waals surface area contributed by atoms with Crippen molar-refractivity contribution in [2.75, 3.05) is 5.75 Å². The number of benzene rings is 2. The Labute approximate surface area is 231 Å². The molecule has 0 aliphatic heterocycles. The molecule has 2 aliphatic carbocycles. The Morgan fingerprint density at radius 2 is 1.28 bits per heavy atom. The molecule has 0 saturated heterocycles. The number of rotatable bonds is 5. The van der Waals surface area contributed by atoms with Gasteiger partial charge >= 0.3 is 0 Å². The highest BCUT2D eigenvalue weighted by molar-refractivity contribution is 14.1. The fourth-order valence-electron chi connectivity index (χ4n) is 7.05. The van der Waals surface area contributed by atoms with Gasteiger partial charge in [0.2, 0.25) is 0 Å². The molecule has 6 heteroatoms. The summed E-state index contributed by atoms with van der Waals surface area (Å²) >= 11 is 1.43. The Hall–Kier alpha value is -1.25. The molecule has 2 atom stereocenters. The minimum atomic E-state index is -3.85. The predicted molar refractivity (Wildman–Crippen MR) is 154 cm³/mol. The van der Waals surface area contributed by atoms with Crippen molar-refractivity contribution in [3.8, 4) is 0 Å². The largest absolute Gasteiger partial charge is 0.298 e. The summed E-state index contributed by atoms with van der Waals surface area (Å²) in [6.07, 6.45) is 1.35. The van der Waals surface area contributed by atoms with Gasteiger partial charge in [-0.2, -0.15) is 10.9 Å². The van der Waals surface area contributed by atoms with Crippen LogP contribution in [-0.4, -0.2) is 20.0 Å². The molecule has 36 heavy (non-hydrogen) atoms. The molecule has 0 spiro atoms. The van der Waals surface area contributed by atoms with Crippen LogP contribution in [0.5, 0.6) is 0 Å². The number of hydrogen-bond acceptors (Lipinski definition) is 4. The Balaban J connectivity index is 1.99. The zero-order valence-corrected chi connectivity index (χ0v) is 25.7. The van der Waals surface area contributed by atoms with Crippen LogP contribution in [0.2, 0.25) is 0 Å². The van der Waals surface area contributed by atoms with E-state index in [2.05, 4.69) is 104 Å². The topological polar surface area (TPSA) is 60.4 Å². The summed E-state index contributed by atoms with van der Waals surface area (Å²) in [4.78, 5) is 14.9. The maximum absolute atomic E-state index is 14.9. The highest BCUT2D eigenvalue weighted by Gasteiger charge is 2.76. The lowest BCUT2D eigenvalue weighted by Crippen LogP contribution is -2.48. The highest BCUT2D eigenvalue weighted by atomic mass is 127. The summed E-state index contributed by atoms with van der Waals surface area (Å²) in [6.45, 7) is 17.2. The zero-order valence-electron chi connectivity index (χ0n) is 22.7. The first-order valence-electron chi connectivity index (χ1n) is 12.7. The SMILES string of the molecule is CC(C)(C)c1ccc(C2(c3ccc(C(C)(C)C)cc3)C(=O)C3(CS(=O)(=O)OI)CCC2C3(C)C)cc1. The van der Waals surface area contributed by atoms with E-state index < -0.39 is 26.4 Å². The molecule has 2 fully saturated rings. The molecule has 2 bridgehead atoms. The monoisotopic (exact) mass is 622 g/mol. The van der Waals surface area contributed by atoms with Crippen LogP contribution in [-0.2, 0) is 33.7 Å². The highest BCUT2D eigenvalue weighted by Crippen LogP contribution is 2.72. The maximum Gasteiger partial charge on any atom is 0.277 e. The Bertz CT molecular complexity index is 1200. The van der Waals surface area contributed by atoms with Crippen LogP contribution in [0.15, 0.2) is 48.5 Å². The average Bonchev–Trinajstić information content (AvgIpc) is 3.11. The van der Waals surface area contributed by atoms with E-state index in [-0.39, 0.29) is 28.3 Å². The number of ketones is 1. The number of fused-ring (bicyclic) bond motifs is 2. The summed E-state index contributed by atoms with van der Waals surface area (Å²) in [5, 5.41) is 0. The molecule has 2 unspecified atom stereocenters. The van der Waals surface area contributed by atoms with Crippen molar-refractivity contribution in [2.24, 2.45) is 16.7 Å². The lowest BCUT2D eigenvalue weighted by Gasteiger charge is -2.40. The van der Waals surface area contributed by atoms with Gasteiger partial charge in [-0.25, -0.2) is 0 Å². The predicted octanol–water partition coefficient (Wildman–Crippen LogP) is 7.27. The van der Waals surface area contributed by atoms with Crippen LogP contribution in [0.4, 0.5) is 0 Å². The minimum absolute atomic E-state index is 0.00899. The Morgan fingerprint density at radius 3 is 1.64 bits per heavy atom. The van der Waals surface area contributed by atoms with Crippen molar-refractivity contribution in [3.05, 3.63) is 70.8 Å². The van der Waals surface area contributed by atoms with Gasteiger partial charge in [-0.1, -0.05) is 104 Å². The number of carbonyl (C=O) groups is 1. The van der Waals surface area contributed by atoms with Gasteiger partial charge in [-0.05, 0) is 57.3 Å². The molecule has 0 aromatic heterocycles. The van der Waals surface area contributed by atoms with Crippen LogP contribution in [0.3, 0.4) is 0 Å². The summed E-state index contributed by atoms with van der Waals surface area (Å²) in [6, 6.07) is 16.9. The molecule has 0 heterocycles. The van der Waals surface area contributed by atoms with Crippen molar-refractivity contribution in [1.29, 1.82) is 0 Å². The Kier molecular flexibility index (Phi) is 6.66. The van der Waals surface area contributed by atoms with E-state index in [1.54, 1.807) is 0 Å². The molecule has 4 nitrogen and oxygen atoms in total. The van der Waals surface area contributed by atoms with Crippen molar-refractivity contribution in [3.63, 3.8) is 0 Å². The third-order valence-corrected chi connectivity index (χ3v) is 11.9. The lowest BCUT2D eigenvalue weighted by atomic mass is 9.61. The van der Waals surface area contributed by atoms with Crippen molar-refractivity contribution >= 4 is 38.9 Å². The van der Waals surface area contributed by atoms with Crippen LogP contribution in [0, 0.1) is 16.7 Å². The minimum Gasteiger partial charge on any atom is -0.298 e. The average molecular weight is 623 g/mol. The second kappa shape index (κ2) is 8.63. The van der Waals surface area contributed by atoms with Crippen molar-refractivity contribution < 1.29 is 15.7 Å². The molecule has 0 N–H and O–H groups in total. The maximum atomic E-state index is 14.9. The van der Waals surface area contributed by atoms with E-state index in [1.807, 2.05) is 0 Å². The molecular formula is C30H39IO4S. The van der Waals surface area contributed by atoms with Gasteiger partial charge < -0.3 is 0 Å². The zero-order chi connectivity index (χ0) is 26.9. The normalized spacial score (nSPS) is 25.4. The molecular weight excluding hydrogens is 583 g/mol. The molecule has 4 rings (SSSR count). The number of Topliss-reactive ketones (excluding diaryl/α,β-unsaturated/α-hetero) is 1. The first kappa shape index (κ1) is 27.8. The third kappa shape index (κ3) is 4.01. The summed E-state index contributed by atoms with van der Waals surface area (Å²) < 4.78 is 30.4. The van der Waals surface area contributed by atoms with Gasteiger partial charge in [0.1, 0.15) is 23.0 Å². The fraction of sp³-hybridized carbons (Fsp3) is 0.567. The lowest BCUT2D eigenvalue weighted by molar-refractivity contribution is -0.131. The van der Waals surface area contributed by atoms with Gasteiger partial charge in [0.15, 0.2) is 5.78 Å². The number of halogens is 1. The van der Waals surface area contributed by atoms with Gasteiger partial charge in [-0.15, -0.1) is 0 Å². The van der Waals surface area contributed by atoms with Crippen molar-refractivity contribution in [2.45, 2.75) is 84.5 Å². The molecule has 196 valence electrons. The van der Waals surface area contributed by atoms with Crippen LogP contribution >= 0.6 is 23.0 Å². The van der Waals surface area contributed by atoms with Crippen LogP contribution < -0.4 is 0 Å². The first-order valence-corrected chi connectivity index (χ1v) is 15.2. The van der Waals surface area contributed by atoms with Gasteiger partial charge in [0.25, 0.3) is 10.1 Å². The van der Waals surface area contributed by atoms with Gasteiger partial charge in [0, 0.05) is 0 Å². The van der Waals surface area contributed by atoms with E-state index in [9.17, 15) is 13.2 Å². The van der Waals surface area contributed by atoms with Gasteiger partial charge in [-0.3, -0.25) is 4.79 Å². The quantitative estimate of drug-likeness (QED) is 0.329. The van der Waals surface area contributed by atoms with E-state index in [4.69, 9.17) is 2.51 Å². The van der Waals surface area contributed by atoms with E-state index in [0.717, 1.165) is 17.5 Å².